The Balaban J connectivity index is 1.57. The van der Waals surface area contributed by atoms with Crippen molar-refractivity contribution in [3.05, 3.63) is 59.3 Å². The second kappa shape index (κ2) is 7.40. The van der Waals surface area contributed by atoms with E-state index in [9.17, 15) is 4.79 Å². The van der Waals surface area contributed by atoms with Crippen LogP contribution in [0.4, 0.5) is 0 Å². The zero-order valence-electron chi connectivity index (χ0n) is 13.7. The van der Waals surface area contributed by atoms with Crippen LogP contribution in [0.3, 0.4) is 0 Å². The number of benzene rings is 1. The lowest BCUT2D eigenvalue weighted by molar-refractivity contribution is -0.131. The molecule has 6 heteroatoms. The average Bonchev–Trinajstić information content (AvgIpc) is 3.30. The molecular weight excluding hydrogens is 322 g/mol. The fourth-order valence-electron chi connectivity index (χ4n) is 2.42. The van der Waals surface area contributed by atoms with Crippen molar-refractivity contribution in [1.82, 2.24) is 15.0 Å². The van der Waals surface area contributed by atoms with Crippen molar-refractivity contribution in [3.63, 3.8) is 0 Å². The molecule has 0 saturated heterocycles. The summed E-state index contributed by atoms with van der Waals surface area (Å²) in [5.74, 6) is 1.13. The summed E-state index contributed by atoms with van der Waals surface area (Å²) in [5.41, 5.74) is 1.12. The third-order valence-corrected chi connectivity index (χ3v) is 4.88. The topological polar surface area (TPSA) is 59.2 Å². The maximum Gasteiger partial charge on any atom is 0.227 e. The van der Waals surface area contributed by atoms with E-state index in [2.05, 4.69) is 10.1 Å². The summed E-state index contributed by atoms with van der Waals surface area (Å²) < 4.78 is 5.24. The van der Waals surface area contributed by atoms with Crippen molar-refractivity contribution in [1.29, 1.82) is 0 Å². The van der Waals surface area contributed by atoms with Gasteiger partial charge in [0.15, 0.2) is 0 Å². The molecule has 0 aliphatic carbocycles. The Morgan fingerprint density at radius 3 is 2.75 bits per heavy atom. The molecule has 2 heterocycles. The van der Waals surface area contributed by atoms with Gasteiger partial charge in [-0.2, -0.15) is 4.98 Å². The summed E-state index contributed by atoms with van der Waals surface area (Å²) in [6, 6.07) is 13.9. The second-order valence-corrected chi connectivity index (χ2v) is 6.53. The molecule has 3 aromatic rings. The number of carbonyl (C=O) groups excluding carboxylic acids is 1. The van der Waals surface area contributed by atoms with Gasteiger partial charge in [0.25, 0.3) is 0 Å². The van der Waals surface area contributed by atoms with Crippen molar-refractivity contribution in [3.8, 4) is 10.7 Å². The van der Waals surface area contributed by atoms with Crippen LogP contribution in [-0.4, -0.2) is 28.0 Å². The van der Waals surface area contributed by atoms with Gasteiger partial charge in [-0.3, -0.25) is 4.79 Å². The Bertz CT molecular complexity index is 784. The van der Waals surface area contributed by atoms with Crippen LogP contribution >= 0.6 is 11.3 Å². The number of rotatable bonds is 6. The van der Waals surface area contributed by atoms with E-state index in [4.69, 9.17) is 4.52 Å². The highest BCUT2D eigenvalue weighted by Crippen LogP contribution is 2.22. The Morgan fingerprint density at radius 2 is 2.04 bits per heavy atom. The van der Waals surface area contributed by atoms with Crippen LogP contribution in [0.5, 0.6) is 0 Å². The minimum absolute atomic E-state index is 0.0306. The van der Waals surface area contributed by atoms with E-state index in [1.165, 1.54) is 0 Å². The van der Waals surface area contributed by atoms with Crippen LogP contribution in [0.2, 0.25) is 0 Å². The van der Waals surface area contributed by atoms with Crippen molar-refractivity contribution in [2.45, 2.75) is 25.8 Å². The smallest absolute Gasteiger partial charge is 0.227 e. The van der Waals surface area contributed by atoms with E-state index in [-0.39, 0.29) is 11.9 Å². The van der Waals surface area contributed by atoms with E-state index in [0.29, 0.717) is 24.6 Å². The van der Waals surface area contributed by atoms with E-state index in [0.717, 1.165) is 10.4 Å². The second-order valence-electron chi connectivity index (χ2n) is 5.58. The molecule has 0 bridgehead atoms. The number of carbonyl (C=O) groups is 1. The van der Waals surface area contributed by atoms with Gasteiger partial charge in [-0.1, -0.05) is 41.6 Å². The highest BCUT2D eigenvalue weighted by atomic mass is 32.1. The molecule has 124 valence electrons. The van der Waals surface area contributed by atoms with Gasteiger partial charge >= 0.3 is 0 Å². The fourth-order valence-corrected chi connectivity index (χ4v) is 3.07. The molecule has 1 aromatic carbocycles. The van der Waals surface area contributed by atoms with Crippen LogP contribution in [0, 0.1) is 0 Å². The number of hydrogen-bond acceptors (Lipinski definition) is 5. The quantitative estimate of drug-likeness (QED) is 0.681. The van der Waals surface area contributed by atoms with Gasteiger partial charge in [-0.15, -0.1) is 11.3 Å². The van der Waals surface area contributed by atoms with Gasteiger partial charge < -0.3 is 9.42 Å². The van der Waals surface area contributed by atoms with Gasteiger partial charge in [0.2, 0.25) is 17.6 Å². The Kier molecular flexibility index (Phi) is 5.05. The fraction of sp³-hybridized carbons (Fsp3) is 0.278. The largest absolute Gasteiger partial charge is 0.339 e. The van der Waals surface area contributed by atoms with Crippen molar-refractivity contribution in [2.75, 3.05) is 7.05 Å². The zero-order valence-corrected chi connectivity index (χ0v) is 14.5. The third-order valence-electron chi connectivity index (χ3n) is 4.02. The standard InChI is InChI=1S/C18H19N3O2S/c1-13(14-7-4-3-5-8-14)21(2)17(22)11-10-16-19-18(20-23-16)15-9-6-12-24-15/h3-9,12-13H,10-11H2,1-2H3. The molecule has 1 unspecified atom stereocenters. The predicted octanol–water partition coefficient (Wildman–Crippen LogP) is 3.95. The first kappa shape index (κ1) is 16.4. The monoisotopic (exact) mass is 341 g/mol. The highest BCUT2D eigenvalue weighted by Gasteiger charge is 2.18. The van der Waals surface area contributed by atoms with Crippen LogP contribution in [0.15, 0.2) is 52.4 Å². The van der Waals surface area contributed by atoms with Gasteiger partial charge in [0.05, 0.1) is 10.9 Å². The van der Waals surface area contributed by atoms with Crippen LogP contribution in [-0.2, 0) is 11.2 Å². The summed E-state index contributed by atoms with van der Waals surface area (Å²) in [6.07, 6.45) is 0.794. The highest BCUT2D eigenvalue weighted by molar-refractivity contribution is 7.13. The lowest BCUT2D eigenvalue weighted by atomic mass is 10.1. The molecule has 2 aromatic heterocycles. The number of aryl methyl sites for hydroxylation is 1. The van der Waals surface area contributed by atoms with Crippen molar-refractivity contribution < 1.29 is 9.32 Å². The number of hydrogen-bond donors (Lipinski definition) is 0. The molecule has 5 nitrogen and oxygen atoms in total. The number of nitrogens with zero attached hydrogens (tertiary/aromatic N) is 3. The molecule has 1 amide bonds. The molecule has 0 saturated carbocycles. The zero-order chi connectivity index (χ0) is 16.9. The summed E-state index contributed by atoms with van der Waals surface area (Å²) in [7, 11) is 1.82. The normalized spacial score (nSPS) is 12.1. The molecule has 0 aliphatic heterocycles. The lowest BCUT2D eigenvalue weighted by Gasteiger charge is -2.25. The summed E-state index contributed by atoms with van der Waals surface area (Å²) >= 11 is 1.56. The Morgan fingerprint density at radius 1 is 1.25 bits per heavy atom. The van der Waals surface area contributed by atoms with E-state index in [1.807, 2.05) is 61.8 Å². The van der Waals surface area contributed by atoms with Crippen molar-refractivity contribution >= 4 is 17.2 Å². The average molecular weight is 341 g/mol. The van der Waals surface area contributed by atoms with Gasteiger partial charge in [-0.25, -0.2) is 0 Å². The van der Waals surface area contributed by atoms with E-state index in [1.54, 1.807) is 16.2 Å². The first-order valence-corrected chi connectivity index (χ1v) is 8.70. The minimum Gasteiger partial charge on any atom is -0.339 e. The van der Waals surface area contributed by atoms with E-state index >= 15 is 0 Å². The molecule has 0 radical (unpaired) electrons. The Labute approximate surface area is 144 Å². The van der Waals surface area contributed by atoms with Crippen LogP contribution < -0.4 is 0 Å². The van der Waals surface area contributed by atoms with Crippen molar-refractivity contribution in [2.24, 2.45) is 0 Å². The summed E-state index contributed by atoms with van der Waals surface area (Å²) in [6.45, 7) is 2.02. The van der Waals surface area contributed by atoms with Gasteiger partial charge in [-0.05, 0) is 23.9 Å². The SMILES string of the molecule is CC(c1ccccc1)N(C)C(=O)CCc1nc(-c2cccs2)no1. The maximum absolute atomic E-state index is 12.4. The molecule has 1 atom stereocenters. The van der Waals surface area contributed by atoms with E-state index < -0.39 is 0 Å². The molecule has 0 fully saturated rings. The summed E-state index contributed by atoms with van der Waals surface area (Å²) in [4.78, 5) is 19.5. The molecule has 0 spiro atoms. The first-order chi connectivity index (χ1) is 11.6. The number of amides is 1. The van der Waals surface area contributed by atoms with Gasteiger partial charge in [0, 0.05) is 19.9 Å². The third kappa shape index (κ3) is 3.71. The Hall–Kier alpha value is -2.47. The molecule has 3 rings (SSSR count). The molecular formula is C18H19N3O2S. The van der Waals surface area contributed by atoms with Crippen LogP contribution in [0.25, 0.3) is 10.7 Å². The lowest BCUT2D eigenvalue weighted by Crippen LogP contribution is -2.29. The molecule has 0 N–H and O–H groups in total. The number of aromatic nitrogens is 2. The maximum atomic E-state index is 12.4. The summed E-state index contributed by atoms with van der Waals surface area (Å²) in [5, 5.41) is 5.93. The first-order valence-electron chi connectivity index (χ1n) is 7.82. The minimum atomic E-state index is 0.0306. The van der Waals surface area contributed by atoms with Gasteiger partial charge in [0.1, 0.15) is 0 Å². The molecule has 0 aliphatic rings. The predicted molar refractivity (Wildman–Crippen MR) is 93.6 cm³/mol. The van der Waals surface area contributed by atoms with Crippen LogP contribution in [0.1, 0.15) is 30.8 Å². The number of thiophene rings is 1. The molecule has 24 heavy (non-hydrogen) atoms.